The zero-order valence-electron chi connectivity index (χ0n) is 24.1. The Morgan fingerprint density at radius 3 is 2.58 bits per heavy atom. The fourth-order valence-corrected chi connectivity index (χ4v) is 10.9. The minimum Gasteiger partial charge on any atom is -0.382 e. The van der Waals surface area contributed by atoms with Crippen LogP contribution in [0.15, 0.2) is 12.7 Å². The van der Waals surface area contributed by atoms with Crippen LogP contribution in [0.25, 0.3) is 11.2 Å². The van der Waals surface area contributed by atoms with E-state index in [-0.39, 0.29) is 22.8 Å². The highest BCUT2D eigenvalue weighted by molar-refractivity contribution is 8.77. The second kappa shape index (κ2) is 13.9. The third-order valence-electron chi connectivity index (χ3n) is 7.60. The van der Waals surface area contributed by atoms with Gasteiger partial charge in [0.25, 0.3) is 0 Å². The van der Waals surface area contributed by atoms with E-state index in [1.54, 1.807) is 15.4 Å². The van der Waals surface area contributed by atoms with E-state index in [4.69, 9.17) is 29.5 Å². The highest BCUT2D eigenvalue weighted by atomic mass is 33.1. The number of aromatic nitrogens is 4. The number of ether oxygens (including phenoxy) is 2. The number of phosphoric acid groups is 3. The molecular weight excluding hydrogens is 694 g/mol. The van der Waals surface area contributed by atoms with Crippen molar-refractivity contribution in [2.75, 3.05) is 18.3 Å². The first kappa shape index (κ1) is 35.3. The van der Waals surface area contributed by atoms with Gasteiger partial charge in [-0.2, -0.15) is 8.62 Å². The van der Waals surface area contributed by atoms with Crippen LogP contribution in [-0.2, 0) is 36.3 Å². The second-order valence-electron chi connectivity index (χ2n) is 11.5. The van der Waals surface area contributed by atoms with Gasteiger partial charge in [-0.15, -0.1) is 0 Å². The maximum atomic E-state index is 12.4. The van der Waals surface area contributed by atoms with Gasteiger partial charge in [0.2, 0.25) is 0 Å². The molecule has 2 bridgehead atoms. The highest BCUT2D eigenvalue weighted by Gasteiger charge is 2.44. The predicted octanol–water partition coefficient (Wildman–Crippen LogP) is 3.01. The molecule has 3 heterocycles. The predicted molar refractivity (Wildman–Crippen MR) is 167 cm³/mol. The summed E-state index contributed by atoms with van der Waals surface area (Å²) >= 11 is 0. The van der Waals surface area contributed by atoms with Gasteiger partial charge >= 0.3 is 23.5 Å². The third-order valence-corrected chi connectivity index (χ3v) is 14.4. The van der Waals surface area contributed by atoms with Crippen LogP contribution in [0.5, 0.6) is 0 Å². The molecule has 23 heteroatoms. The van der Waals surface area contributed by atoms with Gasteiger partial charge in [0.1, 0.15) is 37.4 Å². The lowest BCUT2D eigenvalue weighted by molar-refractivity contribution is -0.0522. The molecule has 17 nitrogen and oxygen atoms in total. The molecule has 2 fully saturated rings. The third kappa shape index (κ3) is 9.55. The average molecular weight is 727 g/mol. The van der Waals surface area contributed by atoms with E-state index in [0.29, 0.717) is 28.9 Å². The van der Waals surface area contributed by atoms with Crippen molar-refractivity contribution in [3.63, 3.8) is 0 Å². The number of rotatable bonds is 16. The molecule has 5 rings (SSSR count). The number of hydrogen-bond acceptors (Lipinski definition) is 14. The summed E-state index contributed by atoms with van der Waals surface area (Å²) in [4.78, 5) is 49.3. The van der Waals surface area contributed by atoms with Crippen LogP contribution in [0.3, 0.4) is 0 Å². The Hall–Kier alpha value is -0.995. The van der Waals surface area contributed by atoms with Gasteiger partial charge in [-0.3, -0.25) is 9.09 Å². The van der Waals surface area contributed by atoms with Gasteiger partial charge in [0.05, 0.1) is 19.0 Å². The van der Waals surface area contributed by atoms with E-state index in [1.807, 2.05) is 0 Å². The first-order valence-electron chi connectivity index (χ1n) is 13.8. The molecule has 0 spiro atoms. The Morgan fingerprint density at radius 2 is 1.89 bits per heavy atom. The Balaban J connectivity index is 1.19. The molecule has 3 aliphatic rings. The summed E-state index contributed by atoms with van der Waals surface area (Å²) < 4.78 is 61.2. The molecular formula is C22H33BN5O12P3S2. The van der Waals surface area contributed by atoms with Crippen molar-refractivity contribution in [3.8, 4) is 11.8 Å². The summed E-state index contributed by atoms with van der Waals surface area (Å²) in [5.41, 5.74) is 6.63. The smallest absolute Gasteiger partial charge is 0.382 e. The number of nitrogens with two attached hydrogens (primary N) is 1. The Labute approximate surface area is 267 Å². The largest absolute Gasteiger partial charge is 0.490 e. The topological polar surface area (TPSA) is 248 Å². The van der Waals surface area contributed by atoms with Crippen LogP contribution in [-0.4, -0.2) is 75.8 Å². The molecule has 0 aromatic carbocycles. The fourth-order valence-electron chi connectivity index (χ4n) is 5.59. The van der Waals surface area contributed by atoms with Gasteiger partial charge in [-0.1, -0.05) is 53.6 Å². The van der Waals surface area contributed by atoms with Gasteiger partial charge < -0.3 is 34.8 Å². The molecule has 8 atom stereocenters. The van der Waals surface area contributed by atoms with Crippen molar-refractivity contribution in [1.82, 2.24) is 19.5 Å². The van der Waals surface area contributed by atoms with Gasteiger partial charge in [-0.05, 0) is 23.4 Å². The van der Waals surface area contributed by atoms with Crippen molar-refractivity contribution < 1.29 is 55.9 Å². The van der Waals surface area contributed by atoms with E-state index in [1.165, 1.54) is 36.3 Å². The molecule has 6 unspecified atom stereocenters. The first-order chi connectivity index (χ1) is 21.0. The van der Waals surface area contributed by atoms with Crippen LogP contribution in [0.2, 0.25) is 6.32 Å². The quantitative estimate of drug-likeness (QED) is 0.0416. The number of nitrogens with zero attached hydrogens (tertiary/aromatic N) is 4. The van der Waals surface area contributed by atoms with Gasteiger partial charge in [-0.25, -0.2) is 28.6 Å². The summed E-state index contributed by atoms with van der Waals surface area (Å²) in [6, 6.07) is 0. The summed E-state index contributed by atoms with van der Waals surface area (Å²) in [7, 11) is -12.3. The number of imidazole rings is 1. The van der Waals surface area contributed by atoms with Gasteiger partial charge in [0.15, 0.2) is 11.5 Å². The molecule has 1 saturated carbocycles. The van der Waals surface area contributed by atoms with Crippen molar-refractivity contribution in [2.45, 2.75) is 62.5 Å². The maximum absolute atomic E-state index is 12.4. The molecule has 2 aromatic rings. The zero-order valence-corrected chi connectivity index (χ0v) is 28.5. The van der Waals surface area contributed by atoms with E-state index < -0.39 is 48.5 Å². The van der Waals surface area contributed by atoms with Crippen LogP contribution >= 0.6 is 45.1 Å². The zero-order chi connectivity index (χ0) is 32.6. The monoisotopic (exact) mass is 727 g/mol. The summed E-state index contributed by atoms with van der Waals surface area (Å²) in [6.45, 7) is 3.70. The summed E-state index contributed by atoms with van der Waals surface area (Å²) in [6.07, 6.45) is 4.03. The minimum atomic E-state index is -5.67. The van der Waals surface area contributed by atoms with E-state index in [2.05, 4.69) is 49.3 Å². The van der Waals surface area contributed by atoms with E-state index >= 15 is 0 Å². The minimum absolute atomic E-state index is 0.0237. The second-order valence-corrected chi connectivity index (χ2v) is 18.9. The van der Waals surface area contributed by atoms with Crippen LogP contribution in [0.4, 0.5) is 5.82 Å². The Bertz CT molecular complexity index is 1600. The highest BCUT2D eigenvalue weighted by Crippen LogP contribution is 2.66. The number of anilines is 1. The van der Waals surface area contributed by atoms with Gasteiger partial charge in [0, 0.05) is 18.3 Å². The van der Waals surface area contributed by atoms with Crippen LogP contribution < -0.4 is 5.73 Å². The van der Waals surface area contributed by atoms with Crippen molar-refractivity contribution in [2.24, 2.45) is 17.8 Å². The lowest BCUT2D eigenvalue weighted by Crippen LogP contribution is -2.29. The van der Waals surface area contributed by atoms with Crippen LogP contribution in [0.1, 0.15) is 39.3 Å². The molecule has 2 aromatic heterocycles. The molecule has 6 N–H and O–H groups in total. The lowest BCUT2D eigenvalue weighted by Gasteiger charge is -2.26. The SMILES string of the molecule is CC(C)(BCC1CC2C#CC1C2)SSCO[C@@H]1C[C@H](n2cnc3c(N)ncnc32)OC1COP(=O)(O)OP(=O)(O)OP(=O)(O)O. The molecule has 248 valence electrons. The Kier molecular flexibility index (Phi) is 10.9. The molecule has 1 aliphatic heterocycles. The fraction of sp³-hybridized carbons (Fsp3) is 0.682. The average Bonchev–Trinajstić information content (AvgIpc) is 3.71. The van der Waals surface area contributed by atoms with E-state index in [9.17, 15) is 23.5 Å². The molecule has 2 aliphatic carbocycles. The normalized spacial score (nSPS) is 28.9. The van der Waals surface area contributed by atoms with Crippen molar-refractivity contribution >= 4 is 69.3 Å². The molecule has 0 amide bonds. The van der Waals surface area contributed by atoms with Crippen molar-refractivity contribution in [3.05, 3.63) is 12.7 Å². The number of fused-ring (bicyclic) bond motifs is 3. The summed E-state index contributed by atoms with van der Waals surface area (Å²) in [5, 5.41) is 0. The Morgan fingerprint density at radius 1 is 1.11 bits per heavy atom. The molecule has 1 saturated heterocycles. The van der Waals surface area contributed by atoms with Crippen molar-refractivity contribution in [1.29, 1.82) is 0 Å². The number of hydrogen-bond donors (Lipinski definition) is 5. The lowest BCUT2D eigenvalue weighted by atomic mass is 9.58. The number of phosphoric ester groups is 1. The first-order valence-corrected chi connectivity index (χ1v) is 20.6. The maximum Gasteiger partial charge on any atom is 0.490 e. The van der Waals surface area contributed by atoms with E-state index in [0.717, 1.165) is 13.6 Å². The molecule has 0 radical (unpaired) electrons. The standard InChI is InChI=1S/C22H33BN5O12P3S2/c1-22(2,23-8-15-6-13-3-4-14(15)5-13)45-44-12-36-16-7-18(28-11-27-19-20(24)25-10-26-21(19)28)38-17(16)9-37-42(32,33)40-43(34,35)39-41(29,30)31/h10-11,13-18,23H,5-9,12H2,1-2H3,(H,32,33)(H,34,35)(H2,24,25,26)(H2,29,30,31)/t13?,14?,15?,16-,17?,18-/m1/s1. The molecule has 45 heavy (non-hydrogen) atoms. The number of nitrogen functional groups attached to an aromatic ring is 1. The summed E-state index contributed by atoms with van der Waals surface area (Å²) in [5.74, 6) is 8.82. The van der Waals surface area contributed by atoms with Crippen LogP contribution in [0, 0.1) is 29.6 Å².